The van der Waals surface area contributed by atoms with Crippen LogP contribution in [-0.2, 0) is 0 Å². The molecule has 0 aromatic rings. The zero-order chi connectivity index (χ0) is 14.3. The van der Waals surface area contributed by atoms with Crippen molar-refractivity contribution in [3.05, 3.63) is 0 Å². The smallest absolute Gasteiger partial charge is 0.0646 e. The Balaban J connectivity index is 3.19. The molecule has 8 heteroatoms. The summed E-state index contributed by atoms with van der Waals surface area (Å²) in [5.41, 5.74) is 0. The van der Waals surface area contributed by atoms with Crippen LogP contribution in [0.25, 0.3) is 0 Å². The van der Waals surface area contributed by atoms with E-state index >= 15 is 0 Å². The molecule has 0 radical (unpaired) electrons. The van der Waals surface area contributed by atoms with Crippen LogP contribution >= 0.6 is 39.4 Å². The van der Waals surface area contributed by atoms with E-state index in [0.29, 0.717) is 0 Å². The Bertz CT molecular complexity index is 166. The van der Waals surface area contributed by atoms with Crippen molar-refractivity contribution >= 4 is 39.4 Å². The van der Waals surface area contributed by atoms with Gasteiger partial charge in [-0.05, 0) is 41.8 Å². The van der Waals surface area contributed by atoms with E-state index < -0.39 is 15.8 Å². The van der Waals surface area contributed by atoms with E-state index in [2.05, 4.69) is 0 Å². The van der Waals surface area contributed by atoms with Gasteiger partial charge in [-0.1, -0.05) is 15.8 Å². The van der Waals surface area contributed by atoms with Crippen molar-refractivity contribution in [1.29, 1.82) is 0 Å². The maximum atomic E-state index is 8.93. The van der Waals surface area contributed by atoms with Gasteiger partial charge in [0, 0.05) is 0 Å². The Morgan fingerprint density at radius 3 is 1.26 bits per heavy atom. The second-order valence-electron chi connectivity index (χ2n) is 3.93. The quantitative estimate of drug-likeness (QED) is 0.282. The molecule has 0 amide bonds. The first-order chi connectivity index (χ1) is 9.28. The molecule has 0 aliphatic heterocycles. The number of hydrogen-bond donors (Lipinski definition) is 4. The lowest BCUT2D eigenvalue weighted by Crippen LogP contribution is -1.98. The second-order valence-corrected chi connectivity index (χ2v) is 11.1. The molecule has 19 heavy (non-hydrogen) atoms. The van der Waals surface area contributed by atoms with E-state index in [4.69, 9.17) is 20.4 Å². The second kappa shape index (κ2) is 15.8. The van der Waals surface area contributed by atoms with Crippen LogP contribution in [0.4, 0.5) is 0 Å². The summed E-state index contributed by atoms with van der Waals surface area (Å²) in [4.78, 5) is 0. The highest BCUT2D eigenvalue weighted by Crippen LogP contribution is 2.33. The average Bonchev–Trinajstić information content (AvgIpc) is 2.45. The summed E-state index contributed by atoms with van der Waals surface area (Å²) in [6.45, 7) is 0. The molecular formula is C11H26O4P2S2. The van der Waals surface area contributed by atoms with Gasteiger partial charge >= 0.3 is 0 Å². The Labute approximate surface area is 127 Å². The van der Waals surface area contributed by atoms with Crippen LogP contribution in [-0.4, -0.2) is 81.2 Å². The molecule has 0 aromatic carbocycles. The first-order valence-corrected chi connectivity index (χ1v) is 12.4. The van der Waals surface area contributed by atoms with E-state index in [1.165, 1.54) is 6.42 Å². The van der Waals surface area contributed by atoms with Gasteiger partial charge in [-0.3, -0.25) is 0 Å². The van der Waals surface area contributed by atoms with Gasteiger partial charge in [-0.2, -0.15) is 23.5 Å². The van der Waals surface area contributed by atoms with Crippen molar-refractivity contribution in [2.45, 2.75) is 6.42 Å². The van der Waals surface area contributed by atoms with Crippen LogP contribution in [0.1, 0.15) is 6.42 Å². The minimum Gasteiger partial charge on any atom is -0.392 e. The van der Waals surface area contributed by atoms with Crippen molar-refractivity contribution in [3.63, 3.8) is 0 Å². The number of thioether (sulfide) groups is 2. The van der Waals surface area contributed by atoms with Crippen molar-refractivity contribution in [2.24, 2.45) is 0 Å². The highest BCUT2D eigenvalue weighted by atomic mass is 32.2. The topological polar surface area (TPSA) is 80.9 Å². The fraction of sp³-hybridized carbons (Fsp3) is 1.00. The number of aliphatic hydroxyl groups excluding tert-OH is 4. The van der Waals surface area contributed by atoms with Gasteiger partial charge in [0.2, 0.25) is 0 Å². The fourth-order valence-electron chi connectivity index (χ4n) is 1.23. The Kier molecular flexibility index (Phi) is 16.9. The van der Waals surface area contributed by atoms with Gasteiger partial charge in [0.25, 0.3) is 0 Å². The van der Waals surface area contributed by atoms with Gasteiger partial charge in [-0.15, -0.1) is 0 Å². The minimum atomic E-state index is -0.558. The lowest BCUT2D eigenvalue weighted by molar-refractivity contribution is 0.343. The summed E-state index contributed by atoms with van der Waals surface area (Å²) in [7, 11) is -1.12. The molecule has 0 atom stereocenters. The Hall–Kier alpha value is 1.40. The normalized spacial score (nSPS) is 11.7. The first-order valence-electron chi connectivity index (χ1n) is 6.32. The zero-order valence-corrected chi connectivity index (χ0v) is 14.7. The van der Waals surface area contributed by atoms with Crippen LogP contribution in [0.5, 0.6) is 0 Å². The van der Waals surface area contributed by atoms with Crippen molar-refractivity contribution in [1.82, 2.24) is 0 Å². The minimum absolute atomic E-state index is 0.140. The molecule has 0 saturated heterocycles. The van der Waals surface area contributed by atoms with Crippen molar-refractivity contribution in [3.8, 4) is 0 Å². The molecule has 0 saturated carbocycles. The largest absolute Gasteiger partial charge is 0.392 e. The van der Waals surface area contributed by atoms with Gasteiger partial charge in [0.05, 0.1) is 25.4 Å². The third-order valence-corrected chi connectivity index (χ3v) is 8.54. The molecule has 0 aliphatic carbocycles. The number of aliphatic hydroxyl groups is 4. The SMILES string of the molecule is OCP(CO)CCSCCCSCCP(CO)CO. The van der Waals surface area contributed by atoms with E-state index in [9.17, 15) is 0 Å². The predicted octanol–water partition coefficient (Wildman–Crippen LogP) is 1.61. The van der Waals surface area contributed by atoms with Gasteiger partial charge in [0.1, 0.15) is 0 Å². The lowest BCUT2D eigenvalue weighted by Gasteiger charge is -2.11. The third kappa shape index (κ3) is 12.8. The summed E-state index contributed by atoms with van der Waals surface area (Å²) >= 11 is 3.78. The van der Waals surface area contributed by atoms with Gasteiger partial charge in [-0.25, -0.2) is 0 Å². The van der Waals surface area contributed by atoms with E-state index in [-0.39, 0.29) is 25.4 Å². The molecular weight excluding hydrogens is 322 g/mol. The Morgan fingerprint density at radius 1 is 0.579 bits per heavy atom. The highest BCUT2D eigenvalue weighted by molar-refractivity contribution is 8.00. The first kappa shape index (κ1) is 20.4. The van der Waals surface area contributed by atoms with Crippen LogP contribution in [0, 0.1) is 0 Å². The molecule has 0 rings (SSSR count). The van der Waals surface area contributed by atoms with Crippen molar-refractivity contribution < 1.29 is 20.4 Å². The molecule has 0 aliphatic rings. The summed E-state index contributed by atoms with van der Waals surface area (Å²) in [6, 6.07) is 0. The maximum absolute atomic E-state index is 8.93. The average molecular weight is 348 g/mol. The van der Waals surface area contributed by atoms with E-state index in [1.54, 1.807) is 0 Å². The summed E-state index contributed by atoms with van der Waals surface area (Å²) < 4.78 is 0. The molecule has 0 spiro atoms. The highest BCUT2D eigenvalue weighted by Gasteiger charge is 2.05. The molecule has 4 N–H and O–H groups in total. The maximum Gasteiger partial charge on any atom is 0.0646 e. The van der Waals surface area contributed by atoms with Crippen LogP contribution in [0.3, 0.4) is 0 Å². The van der Waals surface area contributed by atoms with Crippen LogP contribution in [0.15, 0.2) is 0 Å². The monoisotopic (exact) mass is 348 g/mol. The summed E-state index contributed by atoms with van der Waals surface area (Å²) in [6.07, 6.45) is 3.61. The lowest BCUT2D eigenvalue weighted by atomic mass is 10.6. The summed E-state index contributed by atoms with van der Waals surface area (Å²) in [5, 5.41) is 35.7. The van der Waals surface area contributed by atoms with E-state index in [1.807, 2.05) is 23.5 Å². The summed E-state index contributed by atoms with van der Waals surface area (Å²) in [5.74, 6) is 4.30. The third-order valence-electron chi connectivity index (χ3n) is 2.48. The molecule has 116 valence electrons. The van der Waals surface area contributed by atoms with Crippen LogP contribution < -0.4 is 0 Å². The van der Waals surface area contributed by atoms with Crippen LogP contribution in [0.2, 0.25) is 0 Å². The predicted molar refractivity (Wildman–Crippen MR) is 91.2 cm³/mol. The molecule has 0 fully saturated rings. The van der Waals surface area contributed by atoms with Crippen molar-refractivity contribution in [2.75, 3.05) is 60.7 Å². The zero-order valence-electron chi connectivity index (χ0n) is 11.3. The fourth-order valence-corrected chi connectivity index (χ4v) is 6.36. The molecule has 0 unspecified atom stereocenters. The number of rotatable bonds is 14. The van der Waals surface area contributed by atoms with E-state index in [0.717, 1.165) is 35.3 Å². The molecule has 0 heterocycles. The Morgan fingerprint density at radius 2 is 0.947 bits per heavy atom. The molecule has 0 aromatic heterocycles. The molecule has 4 nitrogen and oxygen atoms in total. The molecule has 0 bridgehead atoms. The standard InChI is InChI=1S/C11H26O4P2S2/c12-8-16(9-13)2-6-18-4-1-5-19-7-3-17(10-14)11-15/h12-15H,1-11H2. The number of hydrogen-bond acceptors (Lipinski definition) is 6. The van der Waals surface area contributed by atoms with Gasteiger partial charge < -0.3 is 20.4 Å². The van der Waals surface area contributed by atoms with Gasteiger partial charge in [0.15, 0.2) is 0 Å².